The number of amides is 3. The molecule has 0 unspecified atom stereocenters. The molecule has 216 valence electrons. The van der Waals surface area contributed by atoms with Gasteiger partial charge >= 0.3 is 12.0 Å². The van der Waals surface area contributed by atoms with Crippen molar-refractivity contribution < 1.29 is 28.6 Å². The number of urea groups is 1. The van der Waals surface area contributed by atoms with Crippen LogP contribution in [-0.2, 0) is 16.0 Å². The van der Waals surface area contributed by atoms with Gasteiger partial charge in [0, 0.05) is 18.3 Å². The predicted molar refractivity (Wildman–Crippen MR) is 157 cm³/mol. The second-order valence-electron chi connectivity index (χ2n) is 9.85. The predicted octanol–water partition coefficient (Wildman–Crippen LogP) is 4.24. The Balaban J connectivity index is 1.38. The number of benzene rings is 3. The van der Waals surface area contributed by atoms with Gasteiger partial charge in [-0.25, -0.2) is 9.59 Å². The number of anilines is 2. The van der Waals surface area contributed by atoms with E-state index in [-0.39, 0.29) is 30.4 Å². The molecule has 0 spiro atoms. The van der Waals surface area contributed by atoms with Crippen molar-refractivity contribution in [1.29, 1.82) is 0 Å². The first-order valence-corrected chi connectivity index (χ1v) is 13.4. The third-order valence-corrected chi connectivity index (χ3v) is 7.12. The zero-order valence-corrected chi connectivity index (χ0v) is 23.7. The molecule has 0 bridgehead atoms. The van der Waals surface area contributed by atoms with Crippen molar-refractivity contribution >= 4 is 29.3 Å². The first kappa shape index (κ1) is 29.4. The van der Waals surface area contributed by atoms with Crippen LogP contribution < -0.4 is 25.4 Å². The zero-order valence-electron chi connectivity index (χ0n) is 23.7. The number of rotatable bonds is 10. The number of likely N-dealkylation sites (N-methyl/N-ethyl adjacent to an activating group) is 1. The van der Waals surface area contributed by atoms with Gasteiger partial charge in [0.05, 0.1) is 37.9 Å². The zero-order chi connectivity index (χ0) is 29.4. The van der Waals surface area contributed by atoms with Crippen molar-refractivity contribution in [3.05, 3.63) is 83.4 Å². The molecule has 3 aromatic carbocycles. The molecule has 41 heavy (non-hydrogen) atoms. The van der Waals surface area contributed by atoms with Crippen LogP contribution in [0.3, 0.4) is 0 Å². The number of carbonyl (C=O) groups is 3. The molecule has 1 heterocycles. The normalized spacial score (nSPS) is 16.1. The van der Waals surface area contributed by atoms with Crippen molar-refractivity contribution in [3.63, 3.8) is 0 Å². The Labute approximate surface area is 240 Å². The summed E-state index contributed by atoms with van der Waals surface area (Å²) in [5.74, 6) is 0.627. The summed E-state index contributed by atoms with van der Waals surface area (Å²) in [6, 6.07) is 19.2. The number of aryl methyl sites for hydroxylation is 1. The smallest absolute Gasteiger partial charge is 0.337 e. The average molecular weight is 561 g/mol. The van der Waals surface area contributed by atoms with Gasteiger partial charge in [-0.15, -0.1) is 0 Å². The van der Waals surface area contributed by atoms with Crippen LogP contribution in [0, 0.1) is 6.92 Å². The molecule has 10 nitrogen and oxygen atoms in total. The summed E-state index contributed by atoms with van der Waals surface area (Å²) < 4.78 is 16.2. The lowest BCUT2D eigenvalue weighted by atomic mass is 10.1. The van der Waals surface area contributed by atoms with E-state index in [4.69, 9.17) is 14.2 Å². The lowest BCUT2D eigenvalue weighted by Crippen LogP contribution is -2.40. The van der Waals surface area contributed by atoms with Gasteiger partial charge < -0.3 is 35.1 Å². The largest absolute Gasteiger partial charge is 0.495 e. The minimum absolute atomic E-state index is 0.0301. The van der Waals surface area contributed by atoms with Crippen LogP contribution in [0.25, 0.3) is 0 Å². The van der Waals surface area contributed by atoms with Gasteiger partial charge in [0.1, 0.15) is 18.1 Å². The van der Waals surface area contributed by atoms with Crippen molar-refractivity contribution in [2.24, 2.45) is 0 Å². The van der Waals surface area contributed by atoms with E-state index in [1.165, 1.54) is 14.2 Å². The lowest BCUT2D eigenvalue weighted by Gasteiger charge is -2.25. The van der Waals surface area contributed by atoms with Crippen LogP contribution in [0.5, 0.6) is 11.5 Å². The molecule has 2 atom stereocenters. The maximum atomic E-state index is 13.4. The highest BCUT2D eigenvalue weighted by Crippen LogP contribution is 2.28. The molecule has 1 aliphatic rings. The van der Waals surface area contributed by atoms with E-state index in [0.717, 1.165) is 17.5 Å². The van der Waals surface area contributed by atoms with Crippen LogP contribution in [0.2, 0.25) is 0 Å². The summed E-state index contributed by atoms with van der Waals surface area (Å²) in [7, 11) is 4.74. The van der Waals surface area contributed by atoms with Crippen LogP contribution in [0.15, 0.2) is 66.7 Å². The van der Waals surface area contributed by atoms with Gasteiger partial charge in [-0.1, -0.05) is 24.3 Å². The Bertz CT molecular complexity index is 1380. The van der Waals surface area contributed by atoms with Crippen molar-refractivity contribution in [1.82, 2.24) is 10.2 Å². The molecule has 3 aromatic rings. The molecule has 0 aromatic heterocycles. The van der Waals surface area contributed by atoms with E-state index in [9.17, 15) is 14.4 Å². The summed E-state index contributed by atoms with van der Waals surface area (Å²) in [4.78, 5) is 39.5. The molecule has 1 fully saturated rings. The number of para-hydroxylation sites is 1. The van der Waals surface area contributed by atoms with Crippen LogP contribution in [0.4, 0.5) is 16.2 Å². The van der Waals surface area contributed by atoms with Crippen LogP contribution in [0.1, 0.15) is 27.9 Å². The maximum Gasteiger partial charge on any atom is 0.337 e. The SMILES string of the molecule is CN[C@H]1C[C@@H](COc2ccc(C(=O)OC)cc2)N(C(=O)Cc2ccc(NC(=O)Nc3ccccc3C)c(OC)c2)C1. The second-order valence-corrected chi connectivity index (χ2v) is 9.85. The van der Waals surface area contributed by atoms with Crippen LogP contribution in [-0.4, -0.2) is 69.3 Å². The molecule has 4 rings (SSSR count). The van der Waals surface area contributed by atoms with Crippen molar-refractivity contribution in [2.45, 2.75) is 31.8 Å². The summed E-state index contributed by atoms with van der Waals surface area (Å²) in [6.07, 6.45) is 0.928. The van der Waals surface area contributed by atoms with E-state index < -0.39 is 5.97 Å². The molecule has 1 aliphatic heterocycles. The molecule has 10 heteroatoms. The Morgan fingerprint density at radius 2 is 1.68 bits per heavy atom. The van der Waals surface area contributed by atoms with Gasteiger partial charge in [0.2, 0.25) is 5.91 Å². The summed E-state index contributed by atoms with van der Waals surface area (Å²) in [5, 5.41) is 8.92. The van der Waals surface area contributed by atoms with Crippen molar-refractivity contribution in [2.75, 3.05) is 45.1 Å². The van der Waals surface area contributed by atoms with Gasteiger partial charge in [-0.3, -0.25) is 4.79 Å². The number of nitrogens with zero attached hydrogens (tertiary/aromatic N) is 1. The van der Waals surface area contributed by atoms with Gasteiger partial charge in [-0.05, 0) is 74.0 Å². The highest BCUT2D eigenvalue weighted by Gasteiger charge is 2.35. The molecule has 1 saturated heterocycles. The van der Waals surface area contributed by atoms with Crippen molar-refractivity contribution in [3.8, 4) is 11.5 Å². The van der Waals surface area contributed by atoms with Gasteiger partial charge in [-0.2, -0.15) is 0 Å². The van der Waals surface area contributed by atoms with E-state index in [1.54, 1.807) is 36.4 Å². The Hall–Kier alpha value is -4.57. The maximum absolute atomic E-state index is 13.4. The summed E-state index contributed by atoms with van der Waals surface area (Å²) in [6.45, 7) is 2.81. The fourth-order valence-corrected chi connectivity index (χ4v) is 4.80. The Morgan fingerprint density at radius 1 is 0.951 bits per heavy atom. The molecular formula is C31H36N4O6. The number of carbonyl (C=O) groups excluding carboxylic acids is 3. The number of methoxy groups -OCH3 is 2. The topological polar surface area (TPSA) is 118 Å². The molecule has 3 amide bonds. The van der Waals surface area contributed by atoms with E-state index >= 15 is 0 Å². The minimum atomic E-state index is -0.410. The fourth-order valence-electron chi connectivity index (χ4n) is 4.80. The number of likely N-dealkylation sites (tertiary alicyclic amines) is 1. The lowest BCUT2D eigenvalue weighted by molar-refractivity contribution is -0.131. The summed E-state index contributed by atoms with van der Waals surface area (Å²) >= 11 is 0. The first-order chi connectivity index (χ1) is 19.8. The monoisotopic (exact) mass is 560 g/mol. The summed E-state index contributed by atoms with van der Waals surface area (Å²) in [5.41, 5.74) is 3.37. The molecule has 0 aliphatic carbocycles. The first-order valence-electron chi connectivity index (χ1n) is 13.4. The number of esters is 1. The average Bonchev–Trinajstić information content (AvgIpc) is 3.41. The molecular weight excluding hydrogens is 524 g/mol. The highest BCUT2D eigenvalue weighted by atomic mass is 16.5. The van der Waals surface area contributed by atoms with Gasteiger partial charge in [0.25, 0.3) is 0 Å². The third-order valence-electron chi connectivity index (χ3n) is 7.12. The molecule has 3 N–H and O–H groups in total. The molecule has 0 radical (unpaired) electrons. The van der Waals surface area contributed by atoms with Gasteiger partial charge in [0.15, 0.2) is 0 Å². The Kier molecular flexibility index (Phi) is 9.81. The standard InChI is InChI=1S/C31H36N4O6/c1-20-7-5-6-8-26(20)33-31(38)34-27-14-9-21(15-28(27)39-3)16-29(36)35-18-23(32-2)17-24(35)19-41-25-12-10-22(11-13-25)30(37)40-4/h5-15,23-24,32H,16-19H2,1-4H3,(H2,33,34,38)/t23-,24-/m0/s1. The third kappa shape index (κ3) is 7.55. The number of ether oxygens (including phenoxy) is 3. The van der Waals surface area contributed by atoms with E-state index in [2.05, 4.69) is 16.0 Å². The van der Waals surface area contributed by atoms with E-state index in [0.29, 0.717) is 41.6 Å². The quantitative estimate of drug-likeness (QED) is 0.318. The second kappa shape index (κ2) is 13.7. The minimum Gasteiger partial charge on any atom is -0.495 e. The molecule has 0 saturated carbocycles. The highest BCUT2D eigenvalue weighted by molar-refractivity contribution is 6.01. The van der Waals surface area contributed by atoms with E-state index in [1.807, 2.05) is 49.2 Å². The number of nitrogens with one attached hydrogen (secondary N) is 3. The number of hydrogen-bond acceptors (Lipinski definition) is 7. The fraction of sp³-hybridized carbons (Fsp3) is 0.323. The number of hydrogen-bond donors (Lipinski definition) is 3. The van der Waals surface area contributed by atoms with Crippen LogP contribution >= 0.6 is 0 Å². The Morgan fingerprint density at radius 3 is 2.37 bits per heavy atom.